The molecule has 0 aliphatic carbocycles. The molecule has 0 saturated carbocycles. The molecule has 6 nitrogen and oxygen atoms in total. The third-order valence-corrected chi connectivity index (χ3v) is 5.13. The zero-order valence-electron chi connectivity index (χ0n) is 13.3. The normalized spacial score (nSPS) is 10.6. The molecule has 3 aromatic rings. The second kappa shape index (κ2) is 7.20. The first-order valence-corrected chi connectivity index (χ1v) is 9.02. The fourth-order valence-corrected chi connectivity index (χ4v) is 4.02. The summed E-state index contributed by atoms with van der Waals surface area (Å²) in [6.45, 7) is 0. The summed E-state index contributed by atoms with van der Waals surface area (Å²) in [6.07, 6.45) is 2.34. The summed E-state index contributed by atoms with van der Waals surface area (Å²) in [6, 6.07) is 11.6. The van der Waals surface area contributed by atoms with Gasteiger partial charge in [-0.25, -0.2) is 0 Å². The second-order valence-electron chi connectivity index (χ2n) is 5.44. The number of amides is 2. The maximum Gasteiger partial charge on any atom is 0.277 e. The number of hydrogen-bond donors (Lipinski definition) is 2. The highest BCUT2D eigenvalue weighted by Crippen LogP contribution is 2.30. The highest BCUT2D eigenvalue weighted by molar-refractivity contribution is 9.10. The van der Waals surface area contributed by atoms with Gasteiger partial charge in [0.1, 0.15) is 5.00 Å². The van der Waals surface area contributed by atoms with E-state index in [-0.39, 0.29) is 5.69 Å². The van der Waals surface area contributed by atoms with E-state index in [0.717, 1.165) is 10.4 Å². The summed E-state index contributed by atoms with van der Waals surface area (Å²) in [5.41, 5.74) is 7.12. The van der Waals surface area contributed by atoms with E-state index in [2.05, 4.69) is 26.3 Å². The predicted octanol–water partition coefficient (Wildman–Crippen LogP) is 3.19. The lowest BCUT2D eigenvalue weighted by Crippen LogP contribution is -2.17. The van der Waals surface area contributed by atoms with E-state index in [1.165, 1.54) is 16.0 Å². The van der Waals surface area contributed by atoms with Gasteiger partial charge in [-0.05, 0) is 27.6 Å². The number of nitrogens with two attached hydrogens (primary N) is 1. The zero-order valence-corrected chi connectivity index (χ0v) is 15.7. The molecule has 2 amide bonds. The maximum absolute atomic E-state index is 12.4. The summed E-state index contributed by atoms with van der Waals surface area (Å²) < 4.78 is 2.11. The lowest BCUT2D eigenvalue weighted by atomic mass is 10.1. The Labute approximate surface area is 156 Å². The van der Waals surface area contributed by atoms with Gasteiger partial charge >= 0.3 is 0 Å². The van der Waals surface area contributed by atoms with Crippen molar-refractivity contribution in [3.63, 3.8) is 0 Å². The van der Waals surface area contributed by atoms with Crippen molar-refractivity contribution < 1.29 is 9.59 Å². The van der Waals surface area contributed by atoms with E-state index in [4.69, 9.17) is 5.73 Å². The van der Waals surface area contributed by atoms with Crippen molar-refractivity contribution in [2.24, 2.45) is 12.8 Å². The fourth-order valence-electron chi connectivity index (χ4n) is 2.38. The van der Waals surface area contributed by atoms with Crippen LogP contribution in [0.15, 0.2) is 47.1 Å². The average molecular weight is 419 g/mol. The molecule has 0 bridgehead atoms. The highest BCUT2D eigenvalue weighted by atomic mass is 79.9. The Bertz CT molecular complexity index is 934. The van der Waals surface area contributed by atoms with Gasteiger partial charge in [-0.2, -0.15) is 5.10 Å². The number of benzene rings is 1. The molecule has 0 unspecified atom stereocenters. The molecule has 0 spiro atoms. The number of anilines is 1. The fraction of sp³-hybridized carbons (Fsp3) is 0.118. The number of aryl methyl sites for hydroxylation is 1. The Kier molecular flexibility index (Phi) is 5.00. The van der Waals surface area contributed by atoms with Gasteiger partial charge in [-0.15, -0.1) is 11.3 Å². The standard InChI is InChI=1S/C17H15BrN4O2S/c1-22-9-13(18)14(21-22)16(24)20-17-12(15(19)23)8-11(25-17)7-10-5-3-2-4-6-10/h2-6,8-9H,7H2,1H3,(H2,19,23)(H,20,24). The lowest BCUT2D eigenvalue weighted by Gasteiger charge is -2.02. The number of thiophene rings is 1. The summed E-state index contributed by atoms with van der Waals surface area (Å²) in [4.78, 5) is 25.1. The van der Waals surface area contributed by atoms with Gasteiger partial charge in [0.15, 0.2) is 5.69 Å². The van der Waals surface area contributed by atoms with Gasteiger partial charge in [-0.3, -0.25) is 14.3 Å². The van der Waals surface area contributed by atoms with Crippen molar-refractivity contribution in [3.05, 3.63) is 68.8 Å². The molecule has 0 aliphatic heterocycles. The average Bonchev–Trinajstić information content (AvgIpc) is 3.11. The Morgan fingerprint density at radius 2 is 2.04 bits per heavy atom. The smallest absolute Gasteiger partial charge is 0.277 e. The van der Waals surface area contributed by atoms with E-state index in [9.17, 15) is 9.59 Å². The summed E-state index contributed by atoms with van der Waals surface area (Å²) >= 11 is 4.63. The topological polar surface area (TPSA) is 90.0 Å². The van der Waals surface area contributed by atoms with E-state index in [1.54, 1.807) is 19.3 Å². The Morgan fingerprint density at radius 1 is 1.32 bits per heavy atom. The van der Waals surface area contributed by atoms with Crippen molar-refractivity contribution in [1.82, 2.24) is 9.78 Å². The molecule has 128 valence electrons. The minimum Gasteiger partial charge on any atom is -0.366 e. The Morgan fingerprint density at radius 3 is 2.64 bits per heavy atom. The van der Waals surface area contributed by atoms with E-state index >= 15 is 0 Å². The molecule has 0 atom stereocenters. The van der Waals surface area contributed by atoms with Gasteiger partial charge in [0.05, 0.1) is 10.0 Å². The number of nitrogens with zero attached hydrogens (tertiary/aromatic N) is 2. The van der Waals surface area contributed by atoms with Gasteiger partial charge in [0, 0.05) is 24.5 Å². The van der Waals surface area contributed by atoms with Crippen LogP contribution in [0.4, 0.5) is 5.00 Å². The molecule has 25 heavy (non-hydrogen) atoms. The van der Waals surface area contributed by atoms with Crippen molar-refractivity contribution in [2.75, 3.05) is 5.32 Å². The SMILES string of the molecule is Cn1cc(Br)c(C(=O)Nc2sc(Cc3ccccc3)cc2C(N)=O)n1. The van der Waals surface area contributed by atoms with Gasteiger partial charge in [0.2, 0.25) is 0 Å². The van der Waals surface area contributed by atoms with E-state index in [0.29, 0.717) is 21.5 Å². The third kappa shape index (κ3) is 3.97. The molecular weight excluding hydrogens is 404 g/mol. The molecule has 0 aliphatic rings. The molecule has 1 aromatic carbocycles. The first-order valence-electron chi connectivity index (χ1n) is 7.41. The predicted molar refractivity (Wildman–Crippen MR) is 101 cm³/mol. The number of halogens is 1. The van der Waals surface area contributed by atoms with Crippen molar-refractivity contribution in [2.45, 2.75) is 6.42 Å². The molecule has 0 fully saturated rings. The quantitative estimate of drug-likeness (QED) is 0.666. The van der Waals surface area contributed by atoms with E-state index < -0.39 is 11.8 Å². The number of carbonyl (C=O) groups is 2. The van der Waals surface area contributed by atoms with Crippen molar-refractivity contribution >= 4 is 44.1 Å². The van der Waals surface area contributed by atoms with Crippen molar-refractivity contribution in [1.29, 1.82) is 0 Å². The minimum atomic E-state index is -0.578. The molecule has 2 aromatic heterocycles. The van der Waals surface area contributed by atoms with Crippen LogP contribution in [-0.4, -0.2) is 21.6 Å². The van der Waals surface area contributed by atoms with Crippen LogP contribution in [0, 0.1) is 0 Å². The van der Waals surface area contributed by atoms with Crippen LogP contribution in [0.1, 0.15) is 31.3 Å². The molecular formula is C17H15BrN4O2S. The number of carbonyl (C=O) groups excluding carboxylic acids is 2. The monoisotopic (exact) mass is 418 g/mol. The molecule has 2 heterocycles. The van der Waals surface area contributed by atoms with Crippen LogP contribution in [0.5, 0.6) is 0 Å². The van der Waals surface area contributed by atoms with Crippen LogP contribution >= 0.6 is 27.3 Å². The van der Waals surface area contributed by atoms with Gasteiger partial charge < -0.3 is 11.1 Å². The number of hydrogen-bond acceptors (Lipinski definition) is 4. The zero-order chi connectivity index (χ0) is 18.0. The van der Waals surface area contributed by atoms with Crippen LogP contribution in [0.3, 0.4) is 0 Å². The molecule has 0 radical (unpaired) electrons. The summed E-state index contributed by atoms with van der Waals surface area (Å²) in [5, 5.41) is 7.27. The lowest BCUT2D eigenvalue weighted by molar-refractivity contribution is 0.100. The summed E-state index contributed by atoms with van der Waals surface area (Å²) in [5.74, 6) is -0.978. The summed E-state index contributed by atoms with van der Waals surface area (Å²) in [7, 11) is 1.72. The molecule has 3 N–H and O–H groups in total. The first kappa shape index (κ1) is 17.4. The third-order valence-electron chi connectivity index (χ3n) is 3.50. The van der Waals surface area contributed by atoms with Crippen molar-refractivity contribution in [3.8, 4) is 0 Å². The van der Waals surface area contributed by atoms with E-state index in [1.807, 2.05) is 30.3 Å². The number of aromatic nitrogens is 2. The van der Waals surface area contributed by atoms with Crippen LogP contribution in [-0.2, 0) is 13.5 Å². The Balaban J connectivity index is 1.86. The molecule has 0 saturated heterocycles. The molecule has 3 rings (SSSR count). The number of primary amides is 1. The number of rotatable bonds is 5. The highest BCUT2D eigenvalue weighted by Gasteiger charge is 2.20. The Hall–Kier alpha value is -2.45. The molecule has 8 heteroatoms. The maximum atomic E-state index is 12.4. The van der Waals surface area contributed by atoms with Gasteiger partial charge in [-0.1, -0.05) is 30.3 Å². The largest absolute Gasteiger partial charge is 0.366 e. The second-order valence-corrected chi connectivity index (χ2v) is 7.43. The minimum absolute atomic E-state index is 0.246. The van der Waals surface area contributed by atoms with Crippen LogP contribution in [0.2, 0.25) is 0 Å². The first-order chi connectivity index (χ1) is 11.9. The van der Waals surface area contributed by atoms with Gasteiger partial charge in [0.25, 0.3) is 11.8 Å². The van der Waals surface area contributed by atoms with Crippen LogP contribution in [0.25, 0.3) is 0 Å². The van der Waals surface area contributed by atoms with Crippen LogP contribution < -0.4 is 11.1 Å². The number of nitrogens with one attached hydrogen (secondary N) is 1.